The Morgan fingerprint density at radius 1 is 0.257 bits per heavy atom. The van der Waals surface area contributed by atoms with Crippen LogP contribution < -0.4 is 9.80 Å². The lowest BCUT2D eigenvalue weighted by Gasteiger charge is -2.29. The van der Waals surface area contributed by atoms with E-state index < -0.39 is 0 Å². The Bertz CT molecular complexity index is 3500. The van der Waals surface area contributed by atoms with E-state index >= 15 is 0 Å². The van der Waals surface area contributed by atoms with Crippen molar-refractivity contribution in [2.45, 2.75) is 93.9 Å². The number of aryl methyl sites for hydroxylation is 8. The third-order valence-corrected chi connectivity index (χ3v) is 16.8. The minimum Gasteiger partial charge on any atom is -0.310 e. The lowest BCUT2D eigenvalue weighted by molar-refractivity contribution is 0.660. The molecule has 74 heavy (non-hydrogen) atoms. The molecule has 0 atom stereocenters. The summed E-state index contributed by atoms with van der Waals surface area (Å²) in [6.45, 7) is 27.8. The molecule has 0 radical (unpaired) electrons. The first kappa shape index (κ1) is 47.1. The summed E-state index contributed by atoms with van der Waals surface area (Å²) in [4.78, 5) is 4.85. The number of anilines is 6. The Morgan fingerprint density at radius 2 is 0.527 bits per heavy atom. The van der Waals surface area contributed by atoms with Gasteiger partial charge in [0.2, 0.25) is 0 Å². The second-order valence-corrected chi connectivity index (χ2v) is 22.7. The zero-order chi connectivity index (χ0) is 51.5. The van der Waals surface area contributed by atoms with Crippen molar-refractivity contribution in [3.63, 3.8) is 0 Å². The maximum absolute atomic E-state index is 2.62. The molecule has 12 rings (SSSR count). The lowest BCUT2D eigenvalue weighted by Crippen LogP contribution is -2.17. The summed E-state index contributed by atoms with van der Waals surface area (Å²) in [7, 11) is 0. The van der Waals surface area contributed by atoms with Crippen LogP contribution in [-0.2, 0) is 10.8 Å². The van der Waals surface area contributed by atoms with Crippen molar-refractivity contribution in [1.29, 1.82) is 0 Å². The van der Waals surface area contributed by atoms with E-state index in [1.165, 1.54) is 122 Å². The third-order valence-electron chi connectivity index (χ3n) is 16.8. The quantitative estimate of drug-likeness (QED) is 0.150. The van der Waals surface area contributed by atoms with Gasteiger partial charge < -0.3 is 9.80 Å². The first-order chi connectivity index (χ1) is 35.5. The molecule has 0 fully saturated rings. The highest BCUT2D eigenvalue weighted by atomic mass is 15.1. The molecule has 0 unspecified atom stereocenters. The zero-order valence-electron chi connectivity index (χ0n) is 45.2. The maximum atomic E-state index is 2.62. The normalized spacial score (nSPS) is 13.6. The molecule has 0 saturated carbocycles. The van der Waals surface area contributed by atoms with Gasteiger partial charge in [-0.05, 0) is 240 Å². The van der Waals surface area contributed by atoms with E-state index in [0.717, 1.165) is 34.1 Å². The van der Waals surface area contributed by atoms with E-state index in [4.69, 9.17) is 0 Å². The molecule has 0 spiro atoms. The van der Waals surface area contributed by atoms with Crippen molar-refractivity contribution in [3.8, 4) is 44.5 Å². The Kier molecular flexibility index (Phi) is 11.0. The Balaban J connectivity index is 1.15. The molecule has 2 aliphatic rings. The van der Waals surface area contributed by atoms with Crippen LogP contribution in [0.15, 0.2) is 182 Å². The van der Waals surface area contributed by atoms with Crippen molar-refractivity contribution in [2.75, 3.05) is 9.80 Å². The molecular formula is C72H66N2. The zero-order valence-corrected chi connectivity index (χ0v) is 45.2. The van der Waals surface area contributed by atoms with Gasteiger partial charge >= 0.3 is 0 Å². The minimum absolute atomic E-state index is 0.328. The van der Waals surface area contributed by atoms with E-state index in [-0.39, 0.29) is 10.8 Å². The molecule has 2 nitrogen and oxygen atoms in total. The highest BCUT2D eigenvalue weighted by molar-refractivity contribution is 6.18. The van der Waals surface area contributed by atoms with Gasteiger partial charge in [0, 0.05) is 45.0 Å². The molecule has 2 heteroatoms. The monoisotopic (exact) mass is 959 g/mol. The number of hydrogen-bond donors (Lipinski definition) is 0. The van der Waals surface area contributed by atoms with Crippen LogP contribution in [0.5, 0.6) is 0 Å². The fraction of sp³-hybridized carbons (Fsp3) is 0.194. The summed E-state index contributed by atoms with van der Waals surface area (Å²) >= 11 is 0. The Hall–Kier alpha value is -7.94. The van der Waals surface area contributed by atoms with Crippen molar-refractivity contribution in [2.24, 2.45) is 0 Å². The predicted molar refractivity (Wildman–Crippen MR) is 317 cm³/mol. The molecule has 2 aliphatic carbocycles. The average molecular weight is 959 g/mol. The van der Waals surface area contributed by atoms with Crippen LogP contribution in [0.25, 0.3) is 55.3 Å². The van der Waals surface area contributed by atoms with E-state index in [2.05, 4.69) is 275 Å². The number of hydrogen-bond acceptors (Lipinski definition) is 2. The van der Waals surface area contributed by atoms with Crippen molar-refractivity contribution >= 4 is 44.9 Å². The van der Waals surface area contributed by atoms with Gasteiger partial charge in [-0.15, -0.1) is 0 Å². The number of benzene rings is 10. The molecule has 0 saturated heterocycles. The van der Waals surface area contributed by atoms with E-state index in [0.29, 0.717) is 0 Å². The molecule has 0 aromatic heterocycles. The molecule has 364 valence electrons. The van der Waals surface area contributed by atoms with Crippen LogP contribution in [0.3, 0.4) is 0 Å². The predicted octanol–water partition coefficient (Wildman–Crippen LogP) is 20.2. The Morgan fingerprint density at radius 3 is 0.811 bits per heavy atom. The number of rotatable bonds is 8. The highest BCUT2D eigenvalue weighted by Crippen LogP contribution is 2.61. The summed E-state index contributed by atoms with van der Waals surface area (Å²) in [5.74, 6) is 0. The highest BCUT2D eigenvalue weighted by Gasteiger charge is 2.43. The van der Waals surface area contributed by atoms with Gasteiger partial charge in [0.25, 0.3) is 0 Å². The van der Waals surface area contributed by atoms with Crippen LogP contribution in [0.4, 0.5) is 34.1 Å². The van der Waals surface area contributed by atoms with Gasteiger partial charge in [-0.1, -0.05) is 147 Å². The van der Waals surface area contributed by atoms with Gasteiger partial charge in [0.05, 0.1) is 0 Å². The summed E-state index contributed by atoms with van der Waals surface area (Å²) in [6.07, 6.45) is 0. The lowest BCUT2D eigenvalue weighted by atomic mass is 9.75. The van der Waals surface area contributed by atoms with Crippen molar-refractivity contribution in [1.82, 2.24) is 0 Å². The number of nitrogens with zero attached hydrogens (tertiary/aromatic N) is 2. The topological polar surface area (TPSA) is 6.48 Å². The van der Waals surface area contributed by atoms with Crippen LogP contribution in [0, 0.1) is 55.4 Å². The second kappa shape index (κ2) is 17.3. The second-order valence-electron chi connectivity index (χ2n) is 22.7. The van der Waals surface area contributed by atoms with Crippen LogP contribution in [0.2, 0.25) is 0 Å². The van der Waals surface area contributed by atoms with Crippen LogP contribution in [-0.4, -0.2) is 0 Å². The summed E-state index contributed by atoms with van der Waals surface area (Å²) < 4.78 is 0. The molecule has 0 heterocycles. The first-order valence-corrected chi connectivity index (χ1v) is 26.5. The van der Waals surface area contributed by atoms with Gasteiger partial charge in [-0.25, -0.2) is 0 Å². The van der Waals surface area contributed by atoms with E-state index in [1.54, 1.807) is 0 Å². The summed E-state index contributed by atoms with van der Waals surface area (Å²) in [6, 6.07) is 69.4. The average Bonchev–Trinajstić information content (AvgIpc) is 3.75. The summed E-state index contributed by atoms with van der Waals surface area (Å²) in [5.41, 5.74) is 32.6. The van der Waals surface area contributed by atoms with E-state index in [9.17, 15) is 0 Å². The molecule has 0 amide bonds. The molecule has 10 aromatic rings. The van der Waals surface area contributed by atoms with Gasteiger partial charge in [-0.2, -0.15) is 0 Å². The summed E-state index contributed by atoms with van der Waals surface area (Å²) in [5, 5.41) is 2.63. The first-order valence-electron chi connectivity index (χ1n) is 26.5. The maximum Gasteiger partial charge on any atom is 0.0465 e. The van der Waals surface area contributed by atoms with E-state index in [1.807, 2.05) is 0 Å². The number of fused-ring (bicyclic) bond motifs is 7. The third kappa shape index (κ3) is 7.36. The van der Waals surface area contributed by atoms with Crippen LogP contribution in [0.1, 0.15) is 94.5 Å². The SMILES string of the molecule is Cc1ccc(N(c2ccc(C)cc2)c2ccc3c(c2)C(C)(C)c2cc4c(-c5c(C)cccc5C)c5c(cc4c(-c4c(C)cccc4C)c2-3)C(C)(C)c2cc(N(c3ccc(C)cc3)c3ccc(C)cc3)ccc2-5)cc1. The fourth-order valence-corrected chi connectivity index (χ4v) is 12.8. The van der Waals surface area contributed by atoms with Crippen molar-refractivity contribution < 1.29 is 0 Å². The van der Waals surface area contributed by atoms with Gasteiger partial charge in [0.1, 0.15) is 0 Å². The van der Waals surface area contributed by atoms with Crippen molar-refractivity contribution in [3.05, 3.63) is 249 Å². The minimum atomic E-state index is -0.328. The van der Waals surface area contributed by atoms with Gasteiger partial charge in [-0.3, -0.25) is 0 Å². The standard InChI is InChI=1S/C72H66N2/c1-43-19-27-51(28-20-43)73(52-29-21-44(2)22-30-52)55-35-37-57-61(39-55)71(9,10)63-41-59-60(69(67(57)63)65-47(5)15-13-16-48(65)6)42-64-68(70(59)66-49(7)17-14-18-50(66)8)58-38-36-56(40-62(58)72(64,11)12)74(53-31-23-45(3)24-32-53)54-33-25-46(4)26-34-54/h13-42H,1-12H3. The molecule has 0 aliphatic heterocycles. The largest absolute Gasteiger partial charge is 0.310 e. The molecular weight excluding hydrogens is 893 g/mol. The van der Waals surface area contributed by atoms with Gasteiger partial charge in [0.15, 0.2) is 0 Å². The smallest absolute Gasteiger partial charge is 0.0465 e. The Labute approximate surface area is 439 Å². The fourth-order valence-electron chi connectivity index (χ4n) is 12.8. The molecule has 0 bridgehead atoms. The van der Waals surface area contributed by atoms with Crippen LogP contribution >= 0.6 is 0 Å². The molecule has 10 aromatic carbocycles. The molecule has 0 N–H and O–H groups in total.